The number of hydrogen-bond donors (Lipinski definition) is 2. The molecule has 0 saturated carbocycles. The lowest BCUT2D eigenvalue weighted by molar-refractivity contribution is -0.118. The Morgan fingerprint density at radius 1 is 1.33 bits per heavy atom. The van der Waals surface area contributed by atoms with Gasteiger partial charge in [0, 0.05) is 18.6 Å². The number of nitrogens with one attached hydrogen (secondary N) is 1. The fraction of sp³-hybridized carbons (Fsp3) is 0.562. The van der Waals surface area contributed by atoms with Crippen molar-refractivity contribution in [2.45, 2.75) is 37.8 Å². The Balaban J connectivity index is 1.63. The van der Waals surface area contributed by atoms with Crippen molar-refractivity contribution in [3.05, 3.63) is 24.3 Å². The number of ether oxygens (including phenoxy) is 1. The molecule has 2 unspecified atom stereocenters. The summed E-state index contributed by atoms with van der Waals surface area (Å²) in [5.41, 5.74) is 6.16. The maximum absolute atomic E-state index is 10.8. The van der Waals surface area contributed by atoms with Crippen LogP contribution in [-0.2, 0) is 4.79 Å². The van der Waals surface area contributed by atoms with E-state index < -0.39 is 0 Å². The van der Waals surface area contributed by atoms with Crippen LogP contribution in [0.25, 0.3) is 0 Å². The number of amides is 1. The van der Waals surface area contributed by atoms with Crippen LogP contribution in [0.3, 0.4) is 0 Å². The Morgan fingerprint density at radius 3 is 3.05 bits per heavy atom. The average Bonchev–Trinajstić information content (AvgIpc) is 3.05. The molecule has 2 atom stereocenters. The van der Waals surface area contributed by atoms with Crippen molar-refractivity contribution in [3.8, 4) is 5.75 Å². The van der Waals surface area contributed by atoms with Crippen molar-refractivity contribution in [2.24, 2.45) is 5.73 Å². The second-order valence-electron chi connectivity index (χ2n) is 5.85. The molecule has 3 N–H and O–H groups in total. The van der Waals surface area contributed by atoms with Gasteiger partial charge in [-0.1, -0.05) is 12.1 Å². The molecule has 1 amide bonds. The van der Waals surface area contributed by atoms with E-state index in [1.807, 2.05) is 24.3 Å². The lowest BCUT2D eigenvalue weighted by Crippen LogP contribution is -2.33. The highest BCUT2D eigenvalue weighted by atomic mass is 16.5. The van der Waals surface area contributed by atoms with E-state index >= 15 is 0 Å². The second kappa shape index (κ2) is 6.35. The first kappa shape index (κ1) is 14.2. The Labute approximate surface area is 125 Å². The molecule has 0 bridgehead atoms. The Kier molecular flexibility index (Phi) is 4.29. The summed E-state index contributed by atoms with van der Waals surface area (Å²) in [5.74, 6) is 0.466. The molecule has 5 heteroatoms. The predicted molar refractivity (Wildman–Crippen MR) is 82.4 cm³/mol. The molecule has 21 heavy (non-hydrogen) atoms. The number of fused-ring (bicyclic) bond motifs is 1. The van der Waals surface area contributed by atoms with Crippen molar-refractivity contribution >= 4 is 11.6 Å². The summed E-state index contributed by atoms with van der Waals surface area (Å²) < 4.78 is 5.69. The number of carbonyl (C=O) groups excluding carboxylic acids is 1. The fourth-order valence-corrected chi connectivity index (χ4v) is 3.42. The van der Waals surface area contributed by atoms with Crippen LogP contribution in [0.15, 0.2) is 24.3 Å². The van der Waals surface area contributed by atoms with Crippen LogP contribution in [-0.4, -0.2) is 42.6 Å². The zero-order valence-electron chi connectivity index (χ0n) is 12.3. The van der Waals surface area contributed by atoms with Crippen molar-refractivity contribution in [3.63, 3.8) is 0 Å². The third kappa shape index (κ3) is 3.29. The lowest BCUT2D eigenvalue weighted by Gasteiger charge is -2.23. The van der Waals surface area contributed by atoms with Gasteiger partial charge in [-0.05, 0) is 37.9 Å². The van der Waals surface area contributed by atoms with Crippen LogP contribution in [0, 0.1) is 0 Å². The third-order valence-corrected chi connectivity index (χ3v) is 4.44. The Morgan fingerprint density at radius 2 is 2.19 bits per heavy atom. The zero-order valence-corrected chi connectivity index (χ0v) is 12.3. The van der Waals surface area contributed by atoms with Crippen LogP contribution in [0.1, 0.15) is 25.7 Å². The molecule has 0 spiro atoms. The predicted octanol–water partition coefficient (Wildman–Crippen LogP) is 1.59. The highest BCUT2D eigenvalue weighted by molar-refractivity contribution is 5.73. The molecular formula is C16H23N3O2. The number of primary amides is 1. The van der Waals surface area contributed by atoms with Crippen molar-refractivity contribution in [2.75, 3.05) is 25.0 Å². The van der Waals surface area contributed by atoms with Gasteiger partial charge in [0.1, 0.15) is 5.75 Å². The quantitative estimate of drug-likeness (QED) is 0.834. The first-order valence-electron chi connectivity index (χ1n) is 7.75. The minimum atomic E-state index is -0.335. The number of rotatable bonds is 6. The van der Waals surface area contributed by atoms with Crippen LogP contribution >= 0.6 is 0 Å². The van der Waals surface area contributed by atoms with Gasteiger partial charge in [0.05, 0.1) is 18.7 Å². The first-order valence-corrected chi connectivity index (χ1v) is 7.75. The number of nitrogens with two attached hydrogens (primary N) is 1. The van der Waals surface area contributed by atoms with Gasteiger partial charge in [-0.25, -0.2) is 0 Å². The summed E-state index contributed by atoms with van der Waals surface area (Å²) in [6, 6.07) is 9.07. The van der Waals surface area contributed by atoms with E-state index in [1.54, 1.807) is 0 Å². The molecule has 1 aromatic rings. The minimum Gasteiger partial charge on any atom is -0.491 e. The minimum absolute atomic E-state index is 0.244. The molecule has 5 nitrogen and oxygen atoms in total. The fourth-order valence-electron chi connectivity index (χ4n) is 3.42. The zero-order chi connectivity index (χ0) is 14.7. The molecular weight excluding hydrogens is 266 g/mol. The number of hydrogen-bond acceptors (Lipinski definition) is 4. The number of benzene rings is 1. The highest BCUT2D eigenvalue weighted by Gasteiger charge is 2.37. The van der Waals surface area contributed by atoms with Gasteiger partial charge in [-0.3, -0.25) is 9.69 Å². The molecule has 2 heterocycles. The van der Waals surface area contributed by atoms with E-state index in [9.17, 15) is 4.79 Å². The smallest absolute Gasteiger partial charge is 0.220 e. The van der Waals surface area contributed by atoms with Gasteiger partial charge >= 0.3 is 0 Å². The molecule has 114 valence electrons. The molecule has 0 aliphatic carbocycles. The van der Waals surface area contributed by atoms with Gasteiger partial charge in [0.15, 0.2) is 0 Å². The average molecular weight is 289 g/mol. The van der Waals surface area contributed by atoms with E-state index in [2.05, 4.69) is 10.2 Å². The maximum atomic E-state index is 10.8. The largest absolute Gasteiger partial charge is 0.491 e. The van der Waals surface area contributed by atoms with E-state index in [1.165, 1.54) is 32.4 Å². The highest BCUT2D eigenvalue weighted by Crippen LogP contribution is 2.32. The van der Waals surface area contributed by atoms with E-state index in [4.69, 9.17) is 10.5 Å². The summed E-state index contributed by atoms with van der Waals surface area (Å²) in [6.07, 6.45) is 4.01. The Hall–Kier alpha value is -1.75. The summed E-state index contributed by atoms with van der Waals surface area (Å²) in [5, 5.41) is 3.64. The van der Waals surface area contributed by atoms with Crippen LogP contribution in [0.4, 0.5) is 5.69 Å². The maximum Gasteiger partial charge on any atom is 0.220 e. The number of para-hydroxylation sites is 2. The van der Waals surface area contributed by atoms with Gasteiger partial charge in [-0.15, -0.1) is 0 Å². The first-order chi connectivity index (χ1) is 10.2. The molecule has 2 fully saturated rings. The van der Waals surface area contributed by atoms with Crippen LogP contribution < -0.4 is 15.8 Å². The molecule has 2 aliphatic rings. The topological polar surface area (TPSA) is 67.6 Å². The normalized spacial score (nSPS) is 24.8. The molecule has 3 rings (SSSR count). The van der Waals surface area contributed by atoms with Gasteiger partial charge in [-0.2, -0.15) is 0 Å². The third-order valence-electron chi connectivity index (χ3n) is 4.44. The van der Waals surface area contributed by atoms with E-state index in [0.717, 1.165) is 11.4 Å². The lowest BCUT2D eigenvalue weighted by atomic mass is 10.1. The number of carbonyl (C=O) groups is 1. The molecule has 0 aromatic heterocycles. The van der Waals surface area contributed by atoms with Crippen molar-refractivity contribution in [1.82, 2.24) is 4.90 Å². The van der Waals surface area contributed by atoms with Crippen LogP contribution in [0.5, 0.6) is 5.75 Å². The summed E-state index contributed by atoms with van der Waals surface area (Å²) >= 11 is 0. The Bertz CT molecular complexity index is 506. The molecule has 2 aliphatic heterocycles. The van der Waals surface area contributed by atoms with Crippen LogP contribution in [0.2, 0.25) is 0 Å². The molecule has 1 aromatic carbocycles. The number of nitrogens with zero attached hydrogens (tertiary/aromatic N) is 1. The summed E-state index contributed by atoms with van der Waals surface area (Å²) in [4.78, 5) is 13.4. The summed E-state index contributed by atoms with van der Waals surface area (Å²) in [7, 11) is 0. The standard InChI is InChI=1S/C16H23N3O2/c17-16(20)8-11-21-15-6-2-1-4-13(15)18-12-7-10-19-9-3-5-14(12)19/h1-2,4,6,12,14,18H,3,5,7-11H2,(H2,17,20). The number of anilines is 1. The van der Waals surface area contributed by atoms with Gasteiger partial charge < -0.3 is 15.8 Å². The monoisotopic (exact) mass is 289 g/mol. The van der Waals surface area contributed by atoms with E-state index in [0.29, 0.717) is 18.7 Å². The van der Waals surface area contributed by atoms with Crippen molar-refractivity contribution in [1.29, 1.82) is 0 Å². The molecule has 0 radical (unpaired) electrons. The SMILES string of the molecule is NC(=O)CCOc1ccccc1NC1CCN2CCCC12. The van der Waals surface area contributed by atoms with E-state index in [-0.39, 0.29) is 12.3 Å². The van der Waals surface area contributed by atoms with Gasteiger partial charge in [0.25, 0.3) is 0 Å². The van der Waals surface area contributed by atoms with Crippen molar-refractivity contribution < 1.29 is 9.53 Å². The molecule has 2 saturated heterocycles. The summed E-state index contributed by atoms with van der Waals surface area (Å²) in [6.45, 7) is 2.75. The second-order valence-corrected chi connectivity index (χ2v) is 5.85. The van der Waals surface area contributed by atoms with Gasteiger partial charge in [0.2, 0.25) is 5.91 Å².